The second-order valence-corrected chi connectivity index (χ2v) is 7.86. The Morgan fingerprint density at radius 1 is 1.13 bits per heavy atom. The van der Waals surface area contributed by atoms with Crippen LogP contribution in [0, 0.1) is 24.0 Å². The predicted octanol–water partition coefficient (Wildman–Crippen LogP) is 4.48. The lowest BCUT2D eigenvalue weighted by Gasteiger charge is -2.36. The van der Waals surface area contributed by atoms with Crippen LogP contribution in [0.25, 0.3) is 11.3 Å². The molecular weight excluding hydrogens is 420 g/mol. The van der Waals surface area contributed by atoms with Crippen molar-refractivity contribution in [1.82, 2.24) is 10.1 Å². The van der Waals surface area contributed by atoms with E-state index in [1.54, 1.807) is 17.9 Å². The van der Waals surface area contributed by atoms with E-state index >= 15 is 0 Å². The second-order valence-electron chi connectivity index (χ2n) is 7.45. The van der Waals surface area contributed by atoms with Crippen LogP contribution in [0.1, 0.15) is 21.7 Å². The first-order valence-corrected chi connectivity index (χ1v) is 10.2. The van der Waals surface area contributed by atoms with Crippen LogP contribution < -0.4 is 4.90 Å². The summed E-state index contributed by atoms with van der Waals surface area (Å²) in [5, 5.41) is 15.4. The van der Waals surface area contributed by atoms with Crippen molar-refractivity contribution in [2.75, 3.05) is 31.1 Å². The highest BCUT2D eigenvalue weighted by Gasteiger charge is 2.29. The van der Waals surface area contributed by atoms with E-state index < -0.39 is 4.92 Å². The quantitative estimate of drug-likeness (QED) is 0.438. The molecule has 8 nitrogen and oxygen atoms in total. The molecule has 1 fully saturated rings. The molecule has 0 aliphatic carbocycles. The van der Waals surface area contributed by atoms with Gasteiger partial charge < -0.3 is 14.3 Å². The number of hydrogen-bond acceptors (Lipinski definition) is 6. The van der Waals surface area contributed by atoms with Crippen LogP contribution >= 0.6 is 11.6 Å². The molecule has 31 heavy (non-hydrogen) atoms. The average molecular weight is 441 g/mol. The van der Waals surface area contributed by atoms with Crippen LogP contribution in [0.2, 0.25) is 5.02 Å². The number of aryl methyl sites for hydroxylation is 2. The molecular formula is C22H21ClN4O4. The van der Waals surface area contributed by atoms with Crippen LogP contribution in [0.3, 0.4) is 0 Å². The minimum atomic E-state index is -0.473. The van der Waals surface area contributed by atoms with Crippen molar-refractivity contribution in [3.63, 3.8) is 0 Å². The molecule has 160 valence electrons. The maximum Gasteiger partial charge on any atom is 0.271 e. The molecule has 4 rings (SSSR count). The highest BCUT2D eigenvalue weighted by atomic mass is 35.5. The molecule has 1 saturated heterocycles. The molecule has 2 aromatic carbocycles. The number of benzene rings is 2. The molecule has 1 aliphatic rings. The van der Waals surface area contributed by atoms with Gasteiger partial charge in [-0.2, -0.15) is 0 Å². The third-order valence-corrected chi connectivity index (χ3v) is 5.83. The minimum absolute atomic E-state index is 0.0470. The van der Waals surface area contributed by atoms with Crippen molar-refractivity contribution in [3.8, 4) is 11.3 Å². The lowest BCUT2D eigenvalue weighted by molar-refractivity contribution is -0.384. The number of amides is 1. The van der Waals surface area contributed by atoms with Gasteiger partial charge in [-0.3, -0.25) is 14.9 Å². The van der Waals surface area contributed by atoms with Gasteiger partial charge in [-0.05, 0) is 25.5 Å². The molecule has 2 heterocycles. The summed E-state index contributed by atoms with van der Waals surface area (Å²) in [5.41, 5.74) is 3.61. The Kier molecular flexibility index (Phi) is 5.65. The molecule has 0 radical (unpaired) electrons. The summed E-state index contributed by atoms with van der Waals surface area (Å²) >= 11 is 6.26. The van der Waals surface area contributed by atoms with Gasteiger partial charge >= 0.3 is 0 Å². The SMILES string of the molecule is Cc1ccccc1-c1noc(C)c1C(=O)N1CCN(c2ccc([N+](=O)[O-])cc2Cl)CC1. The number of aromatic nitrogens is 1. The van der Waals surface area contributed by atoms with Gasteiger partial charge in [0.15, 0.2) is 0 Å². The Bertz CT molecular complexity index is 1150. The zero-order chi connectivity index (χ0) is 22.1. The fourth-order valence-electron chi connectivity index (χ4n) is 3.82. The average Bonchev–Trinajstić information content (AvgIpc) is 3.14. The van der Waals surface area contributed by atoms with Gasteiger partial charge in [-0.1, -0.05) is 41.0 Å². The van der Waals surface area contributed by atoms with Gasteiger partial charge in [0.25, 0.3) is 11.6 Å². The third-order valence-electron chi connectivity index (χ3n) is 5.53. The lowest BCUT2D eigenvalue weighted by atomic mass is 10.0. The van der Waals surface area contributed by atoms with Crippen LogP contribution in [-0.4, -0.2) is 47.1 Å². The van der Waals surface area contributed by atoms with Crippen molar-refractivity contribution >= 4 is 28.9 Å². The Hall–Kier alpha value is -3.39. The molecule has 1 amide bonds. The Labute approximate surface area is 184 Å². The first-order valence-electron chi connectivity index (χ1n) is 9.87. The van der Waals surface area contributed by atoms with E-state index in [0.29, 0.717) is 48.2 Å². The fourth-order valence-corrected chi connectivity index (χ4v) is 4.12. The Morgan fingerprint density at radius 3 is 2.48 bits per heavy atom. The van der Waals surface area contributed by atoms with Crippen molar-refractivity contribution in [2.45, 2.75) is 13.8 Å². The Morgan fingerprint density at radius 2 is 1.84 bits per heavy atom. The molecule has 0 saturated carbocycles. The number of carbonyl (C=O) groups is 1. The normalized spacial score (nSPS) is 14.0. The van der Waals surface area contributed by atoms with Crippen LogP contribution in [0.5, 0.6) is 0 Å². The highest BCUT2D eigenvalue weighted by molar-refractivity contribution is 6.33. The molecule has 0 atom stereocenters. The summed E-state index contributed by atoms with van der Waals surface area (Å²) < 4.78 is 5.37. The van der Waals surface area contributed by atoms with E-state index in [-0.39, 0.29) is 11.6 Å². The van der Waals surface area contributed by atoms with E-state index in [4.69, 9.17) is 16.1 Å². The van der Waals surface area contributed by atoms with Gasteiger partial charge in [-0.25, -0.2) is 0 Å². The van der Waals surface area contributed by atoms with Crippen molar-refractivity contribution in [2.24, 2.45) is 0 Å². The van der Waals surface area contributed by atoms with Crippen molar-refractivity contribution in [3.05, 3.63) is 74.5 Å². The maximum atomic E-state index is 13.3. The monoisotopic (exact) mass is 440 g/mol. The molecule has 0 spiro atoms. The molecule has 0 bridgehead atoms. The van der Waals surface area contributed by atoms with Crippen LogP contribution in [0.4, 0.5) is 11.4 Å². The minimum Gasteiger partial charge on any atom is -0.367 e. The number of non-ortho nitro benzene ring substituents is 1. The third kappa shape index (κ3) is 3.98. The van der Waals surface area contributed by atoms with Gasteiger partial charge in [0, 0.05) is 43.9 Å². The number of piperazine rings is 1. The zero-order valence-corrected chi connectivity index (χ0v) is 17.9. The smallest absolute Gasteiger partial charge is 0.271 e. The number of anilines is 1. The fraction of sp³-hybridized carbons (Fsp3) is 0.273. The van der Waals surface area contributed by atoms with Crippen LogP contribution in [-0.2, 0) is 0 Å². The molecule has 3 aromatic rings. The van der Waals surface area contributed by atoms with Crippen LogP contribution in [0.15, 0.2) is 47.0 Å². The number of nitrogens with zero attached hydrogens (tertiary/aromatic N) is 4. The van der Waals surface area contributed by atoms with E-state index in [1.165, 1.54) is 12.1 Å². The molecule has 9 heteroatoms. The molecule has 0 N–H and O–H groups in total. The number of carbonyl (C=O) groups excluding carboxylic acids is 1. The lowest BCUT2D eigenvalue weighted by Crippen LogP contribution is -2.49. The van der Waals surface area contributed by atoms with E-state index in [0.717, 1.165) is 16.8 Å². The van der Waals surface area contributed by atoms with E-state index in [1.807, 2.05) is 36.1 Å². The first-order chi connectivity index (χ1) is 14.9. The molecule has 0 unspecified atom stereocenters. The van der Waals surface area contributed by atoms with Gasteiger partial charge in [0.1, 0.15) is 17.0 Å². The highest BCUT2D eigenvalue weighted by Crippen LogP contribution is 2.32. The number of nitro benzene ring substituents is 1. The van der Waals surface area contributed by atoms with Gasteiger partial charge in [0.2, 0.25) is 0 Å². The number of rotatable bonds is 4. The molecule has 1 aliphatic heterocycles. The number of hydrogen-bond donors (Lipinski definition) is 0. The van der Waals surface area contributed by atoms with Crippen molar-refractivity contribution in [1.29, 1.82) is 0 Å². The predicted molar refractivity (Wildman–Crippen MR) is 118 cm³/mol. The summed E-state index contributed by atoms with van der Waals surface area (Å²) in [7, 11) is 0. The standard InChI is InChI=1S/C22H21ClN4O4/c1-14-5-3-4-6-17(14)21-20(15(2)31-24-21)22(28)26-11-9-25(10-12-26)19-8-7-16(27(29)30)13-18(19)23/h3-8,13H,9-12H2,1-2H3. The van der Waals surface area contributed by atoms with E-state index in [2.05, 4.69) is 5.16 Å². The summed E-state index contributed by atoms with van der Waals surface area (Å²) in [6.07, 6.45) is 0. The number of nitro groups is 1. The topological polar surface area (TPSA) is 92.7 Å². The zero-order valence-electron chi connectivity index (χ0n) is 17.2. The van der Waals surface area contributed by atoms with Gasteiger partial charge in [0.05, 0.1) is 15.6 Å². The summed E-state index contributed by atoms with van der Waals surface area (Å²) in [6, 6.07) is 12.2. The van der Waals surface area contributed by atoms with E-state index in [9.17, 15) is 14.9 Å². The molecule has 1 aromatic heterocycles. The largest absolute Gasteiger partial charge is 0.367 e. The maximum absolute atomic E-state index is 13.3. The van der Waals surface area contributed by atoms with Crippen molar-refractivity contribution < 1.29 is 14.2 Å². The Balaban J connectivity index is 1.52. The number of halogens is 1. The second kappa shape index (κ2) is 8.39. The summed E-state index contributed by atoms with van der Waals surface area (Å²) in [5.74, 6) is 0.371. The van der Waals surface area contributed by atoms with Gasteiger partial charge in [-0.15, -0.1) is 0 Å². The summed E-state index contributed by atoms with van der Waals surface area (Å²) in [6.45, 7) is 5.82. The summed E-state index contributed by atoms with van der Waals surface area (Å²) in [4.78, 5) is 27.6. The first kappa shape index (κ1) is 20.9.